The first-order chi connectivity index (χ1) is 41.0. The maximum Gasteiger partial charge on any atom is 0.331 e. The molecule has 16 N–H and O–H groups in total. The van der Waals surface area contributed by atoms with Crippen molar-refractivity contribution < 1.29 is 134 Å². The van der Waals surface area contributed by atoms with Crippen LogP contribution in [0.25, 0.3) is 0 Å². The Labute approximate surface area is 505 Å². The minimum atomic E-state index is -2.12. The molecule has 0 amide bonds. The first kappa shape index (κ1) is 67.8. The van der Waals surface area contributed by atoms with Gasteiger partial charge in [0.1, 0.15) is 116 Å². The molecule has 1 unspecified atom stereocenters. The Morgan fingerprint density at radius 2 is 1.02 bits per heavy atom. The lowest BCUT2D eigenvalue weighted by Crippen LogP contribution is -2.69. The molecule has 10 aliphatic rings. The number of aliphatic hydroxyl groups excluding tert-OH is 15. The van der Waals surface area contributed by atoms with Crippen molar-refractivity contribution in [2.75, 3.05) is 26.4 Å². The molecule has 5 heterocycles. The number of hydrogen-bond donors (Lipinski definition) is 16. The van der Waals surface area contributed by atoms with E-state index in [9.17, 15) is 86.5 Å². The van der Waals surface area contributed by atoms with E-state index in [4.69, 9.17) is 47.4 Å². The van der Waals surface area contributed by atoms with E-state index in [1.807, 2.05) is 6.08 Å². The zero-order valence-electron chi connectivity index (χ0n) is 50.4. The molecule has 34 atom stereocenters. The number of carboxylic acid groups (broad SMARTS) is 1. The Hall–Kier alpha value is -2.05. The summed E-state index contributed by atoms with van der Waals surface area (Å²) in [7, 11) is 0. The third kappa shape index (κ3) is 11.5. The molecule has 10 fully saturated rings. The zero-order chi connectivity index (χ0) is 63.4. The summed E-state index contributed by atoms with van der Waals surface area (Å²) in [6.07, 6.45) is -31.6. The van der Waals surface area contributed by atoms with Crippen molar-refractivity contribution in [2.45, 2.75) is 266 Å². The molecule has 0 aromatic heterocycles. The number of hydrogen-bond acceptors (Lipinski definition) is 26. The minimum absolute atomic E-state index is 0.0225. The molecule has 2 spiro atoms. The van der Waals surface area contributed by atoms with Crippen LogP contribution in [0.4, 0.5) is 0 Å². The van der Waals surface area contributed by atoms with Crippen LogP contribution in [0.3, 0.4) is 0 Å². The van der Waals surface area contributed by atoms with E-state index in [-0.39, 0.29) is 39.1 Å². The highest BCUT2D eigenvalue weighted by Crippen LogP contribution is 2.89. The van der Waals surface area contributed by atoms with E-state index >= 15 is 0 Å². The highest BCUT2D eigenvalue weighted by molar-refractivity contribution is 5.86. The van der Waals surface area contributed by atoms with Crippen molar-refractivity contribution in [3.05, 3.63) is 23.8 Å². The molecule has 0 radical (unpaired) electrons. The van der Waals surface area contributed by atoms with E-state index in [0.29, 0.717) is 18.3 Å². The largest absolute Gasteiger partial charge is 0.478 e. The van der Waals surface area contributed by atoms with Gasteiger partial charge in [-0.1, -0.05) is 52.8 Å². The van der Waals surface area contributed by atoms with Gasteiger partial charge in [-0.25, -0.2) is 4.79 Å². The van der Waals surface area contributed by atoms with Crippen LogP contribution in [0.5, 0.6) is 0 Å². The van der Waals surface area contributed by atoms with Crippen LogP contribution < -0.4 is 0 Å². The van der Waals surface area contributed by atoms with Gasteiger partial charge in [0.25, 0.3) is 0 Å². The molecule has 5 aliphatic heterocycles. The quantitative estimate of drug-likeness (QED) is 0.0373. The lowest BCUT2D eigenvalue weighted by molar-refractivity contribution is -0.412. The van der Waals surface area contributed by atoms with E-state index in [1.165, 1.54) is 6.92 Å². The molecule has 5 saturated heterocycles. The summed E-state index contributed by atoms with van der Waals surface area (Å²) in [4.78, 5) is 11.5. The smallest absolute Gasteiger partial charge is 0.331 e. The van der Waals surface area contributed by atoms with Crippen LogP contribution in [0.1, 0.15) is 106 Å². The molecule has 0 bridgehead atoms. The van der Waals surface area contributed by atoms with Crippen molar-refractivity contribution in [3.8, 4) is 0 Å². The lowest BCUT2D eigenvalue weighted by Gasteiger charge is -2.63. The molecule has 87 heavy (non-hydrogen) atoms. The van der Waals surface area contributed by atoms with E-state index < -0.39 is 197 Å². The number of rotatable bonds is 18. The van der Waals surface area contributed by atoms with Gasteiger partial charge < -0.3 is 129 Å². The Balaban J connectivity index is 0.958. The van der Waals surface area contributed by atoms with Gasteiger partial charge in [-0.3, -0.25) is 0 Å². The van der Waals surface area contributed by atoms with E-state index in [0.717, 1.165) is 51.4 Å². The van der Waals surface area contributed by atoms with Crippen molar-refractivity contribution in [2.24, 2.45) is 50.7 Å². The molecular formula is C60H96O27. The summed E-state index contributed by atoms with van der Waals surface area (Å²) in [5, 5.41) is 174. The fraction of sp³-hybridized carbons (Fsp3) is 0.917. The third-order valence-electron chi connectivity index (χ3n) is 23.4. The molecule has 5 saturated carbocycles. The van der Waals surface area contributed by atoms with Gasteiger partial charge in [0, 0.05) is 5.57 Å². The Morgan fingerprint density at radius 3 is 1.66 bits per heavy atom. The Bertz CT molecular complexity index is 2430. The summed E-state index contributed by atoms with van der Waals surface area (Å²) >= 11 is 0. The summed E-state index contributed by atoms with van der Waals surface area (Å²) in [6, 6.07) is 0. The normalized spacial score (nSPS) is 53.6. The highest BCUT2D eigenvalue weighted by atomic mass is 16.8. The van der Waals surface area contributed by atoms with Crippen LogP contribution in [0.2, 0.25) is 0 Å². The number of aliphatic hydroxyl groups is 15. The van der Waals surface area contributed by atoms with Gasteiger partial charge >= 0.3 is 5.97 Å². The fourth-order valence-corrected chi connectivity index (χ4v) is 18.1. The van der Waals surface area contributed by atoms with Gasteiger partial charge in [-0.2, -0.15) is 0 Å². The second-order valence-electron chi connectivity index (χ2n) is 28.0. The number of aliphatic carboxylic acids is 1. The van der Waals surface area contributed by atoms with Gasteiger partial charge in [0.2, 0.25) is 0 Å². The zero-order valence-corrected chi connectivity index (χ0v) is 50.4. The maximum absolute atomic E-state index is 12.2. The summed E-state index contributed by atoms with van der Waals surface area (Å²) in [5.41, 5.74) is -0.178. The van der Waals surface area contributed by atoms with Crippen LogP contribution in [0.15, 0.2) is 23.8 Å². The average Bonchev–Trinajstić information content (AvgIpc) is 1.47. The Morgan fingerprint density at radius 1 is 0.517 bits per heavy atom. The van der Waals surface area contributed by atoms with Gasteiger partial charge in [0.15, 0.2) is 31.5 Å². The molecule has 0 aromatic rings. The third-order valence-corrected chi connectivity index (χ3v) is 23.4. The van der Waals surface area contributed by atoms with Gasteiger partial charge in [0.05, 0.1) is 38.6 Å². The highest BCUT2D eigenvalue weighted by Gasteiger charge is 2.82. The monoisotopic (exact) mass is 1250 g/mol. The summed E-state index contributed by atoms with van der Waals surface area (Å²) < 4.78 is 62.0. The maximum atomic E-state index is 12.2. The Kier molecular flexibility index (Phi) is 20.0. The van der Waals surface area contributed by atoms with E-state index in [1.54, 1.807) is 13.0 Å². The summed E-state index contributed by atoms with van der Waals surface area (Å²) in [5.74, 6) is 0.283. The molecule has 5 aliphatic carbocycles. The molecule has 27 nitrogen and oxygen atoms in total. The number of allylic oxidation sites excluding steroid dienone is 3. The average molecular weight is 1250 g/mol. The first-order valence-corrected chi connectivity index (χ1v) is 31.1. The van der Waals surface area contributed by atoms with Crippen LogP contribution >= 0.6 is 0 Å². The lowest BCUT2D eigenvalue weighted by atomic mass is 9.42. The molecule has 27 heteroatoms. The minimum Gasteiger partial charge on any atom is -0.478 e. The topological polar surface area (TPSA) is 433 Å². The second kappa shape index (κ2) is 25.7. The molecular weight excluding hydrogens is 1150 g/mol. The van der Waals surface area contributed by atoms with Gasteiger partial charge in [-0.05, 0) is 122 Å². The second-order valence-corrected chi connectivity index (χ2v) is 28.0. The molecule has 10 rings (SSSR count). The van der Waals surface area contributed by atoms with Crippen molar-refractivity contribution in [3.63, 3.8) is 0 Å². The number of carboxylic acids is 1. The predicted octanol–water partition coefficient (Wildman–Crippen LogP) is -2.84. The van der Waals surface area contributed by atoms with Crippen LogP contribution in [0, 0.1) is 50.7 Å². The van der Waals surface area contributed by atoms with Crippen molar-refractivity contribution in [1.29, 1.82) is 0 Å². The fourth-order valence-electron chi connectivity index (χ4n) is 18.1. The van der Waals surface area contributed by atoms with Crippen molar-refractivity contribution in [1.82, 2.24) is 0 Å². The number of ether oxygens (including phenoxy) is 10. The molecule has 0 aromatic carbocycles. The van der Waals surface area contributed by atoms with Crippen molar-refractivity contribution >= 4 is 5.97 Å². The first-order valence-electron chi connectivity index (χ1n) is 31.1. The van der Waals surface area contributed by atoms with Crippen LogP contribution in [-0.2, 0) is 52.2 Å². The number of fused-ring (bicyclic) bond motifs is 2. The standard InChI is InChI=1S/C60H96O27/c1-24(9-8-10-25(2)50(76)77)27-13-15-58(7)33-12-11-32-56(4,5)34(14-16-59(32)23-60(33,59)18-17-57(27,58)6)84-55-49(47(39(68)30(21-63)82-55)85-53-46(75)42(71)37(66)29(20-62)81-53)87-54-48(86-52-45(74)40(69)35(64)26(3)79-52)43(72)38(67)31(83-54)22-78-51-44(73)41(70)36(65)28(19-61)80-51/h8-10,24,26-49,51-55,61-75H,11-23H2,1-7H3,(H,76,77)/b9-8+,25-10+/t24-,26+,27-,28-,29-,30-,31-,32?,33+,34+,35+,36-,37-,38-,39-,40-,41+,42+,43+,44-,45-,46-,47+,48-,49-,51-,52+,53+,54+,55+,57-,58+,59-,60+/m1/s1. The summed E-state index contributed by atoms with van der Waals surface area (Å²) in [6.45, 7) is 11.2. The SMILES string of the molecule is C/C(=C\C=C\[C@@H](C)[C@H]1CC[C@@]2(C)[C@@H]3CCC4C(C)(C)[C@@H](O[C@@H]5O[C@H](CO)[C@@H](O)[C@H](O[C@@H]6O[C@H](CO)[C@@H](O)[C@H](O)[C@H]6O)[C@H]5O[C@@H]5O[C@H](CO[C@@H]6O[C@H](CO)[C@@H](O)[C@H](O)[C@H]6O)[C@@H](O)[C@H](O)[C@H]5O[C@@H]5O[C@@H](C)[C@H](O)[C@@H](O)[C@H]5O)CC[C@@]45C[C@@]35CC[C@]12C)C(=O)O. The van der Waals surface area contributed by atoms with Gasteiger partial charge in [-0.15, -0.1) is 0 Å². The molecule has 498 valence electrons. The number of carbonyl (C=O) groups is 1. The predicted molar refractivity (Wildman–Crippen MR) is 294 cm³/mol. The van der Waals surface area contributed by atoms with Crippen LogP contribution in [-0.4, -0.2) is 274 Å². The van der Waals surface area contributed by atoms with E-state index in [2.05, 4.69) is 40.7 Å².